The van der Waals surface area contributed by atoms with Crippen molar-refractivity contribution in [1.82, 2.24) is 19.7 Å². The van der Waals surface area contributed by atoms with Crippen LogP contribution in [0.3, 0.4) is 0 Å². The number of aliphatic carboxylic acids is 1. The molecule has 2 amide bonds. The largest absolute Gasteiger partial charge is 0.481 e. The fourth-order valence-corrected chi connectivity index (χ4v) is 5.64. The van der Waals surface area contributed by atoms with Gasteiger partial charge in [0.2, 0.25) is 5.89 Å². The molecule has 45 heavy (non-hydrogen) atoms. The maximum Gasteiger partial charge on any atom is 0.416 e. The summed E-state index contributed by atoms with van der Waals surface area (Å²) < 4.78 is 40.4. The third-order valence-electron chi connectivity index (χ3n) is 8.14. The van der Waals surface area contributed by atoms with Crippen LogP contribution in [0.2, 0.25) is 0 Å². The predicted molar refractivity (Wildman–Crippen MR) is 159 cm³/mol. The van der Waals surface area contributed by atoms with Gasteiger partial charge in [-0.25, -0.2) is 23.5 Å². The van der Waals surface area contributed by atoms with Gasteiger partial charge in [-0.15, -0.1) is 0 Å². The van der Waals surface area contributed by atoms with Crippen molar-refractivity contribution in [3.05, 3.63) is 42.2 Å². The fourth-order valence-electron chi connectivity index (χ4n) is 5.64. The van der Waals surface area contributed by atoms with E-state index in [1.54, 1.807) is 32.9 Å². The van der Waals surface area contributed by atoms with Crippen LogP contribution in [0.25, 0.3) is 11.5 Å². The van der Waals surface area contributed by atoms with E-state index in [0.29, 0.717) is 49.5 Å². The lowest BCUT2D eigenvalue weighted by Crippen LogP contribution is -2.38. The molecule has 3 atom stereocenters. The van der Waals surface area contributed by atoms with Crippen molar-refractivity contribution in [3.63, 3.8) is 0 Å². The zero-order chi connectivity index (χ0) is 32.5. The zero-order valence-corrected chi connectivity index (χ0v) is 25.7. The first-order valence-electron chi connectivity index (χ1n) is 15.2. The molecule has 0 saturated heterocycles. The number of hydrogen-bond acceptors (Lipinski definition) is 8. The number of carboxylic acids is 1. The Bertz CT molecular complexity index is 1550. The molecule has 242 valence electrons. The van der Waals surface area contributed by atoms with Gasteiger partial charge in [-0.05, 0) is 76.8 Å². The molecule has 5 rings (SSSR count). The molecule has 12 nitrogen and oxygen atoms in total. The number of nitrogens with zero attached hydrogens (tertiary/aromatic N) is 5. The Kier molecular flexibility index (Phi) is 9.21. The van der Waals surface area contributed by atoms with Crippen LogP contribution in [0, 0.1) is 17.8 Å². The predicted octanol–water partition coefficient (Wildman–Crippen LogP) is 6.73. The van der Waals surface area contributed by atoms with Crippen molar-refractivity contribution in [2.45, 2.75) is 84.3 Å². The Morgan fingerprint density at radius 2 is 1.98 bits per heavy atom. The summed E-state index contributed by atoms with van der Waals surface area (Å²) in [4.78, 5) is 47.8. The molecule has 0 spiro atoms. The molecule has 3 heterocycles. The lowest BCUT2D eigenvalue weighted by Gasteiger charge is -2.33. The molecule has 2 saturated carbocycles. The maximum atomic E-state index is 13.9. The summed E-state index contributed by atoms with van der Waals surface area (Å²) in [5, 5.41) is 16.1. The van der Waals surface area contributed by atoms with E-state index in [2.05, 4.69) is 20.4 Å². The first-order valence-corrected chi connectivity index (χ1v) is 15.2. The number of carbonyl (C=O) groups is 3. The molecule has 3 unspecified atom stereocenters. The quantitative estimate of drug-likeness (QED) is 0.249. The minimum Gasteiger partial charge on any atom is -0.481 e. The summed E-state index contributed by atoms with van der Waals surface area (Å²) >= 11 is 0. The van der Waals surface area contributed by atoms with Gasteiger partial charge in [0.15, 0.2) is 11.4 Å². The van der Waals surface area contributed by atoms with Crippen LogP contribution >= 0.6 is 0 Å². The zero-order valence-electron chi connectivity index (χ0n) is 25.7. The molecule has 3 aromatic rings. The molecule has 0 aliphatic heterocycles. The molecule has 0 radical (unpaired) electrons. The topological polar surface area (TPSA) is 153 Å². The number of oxazole rings is 1. The van der Waals surface area contributed by atoms with Crippen molar-refractivity contribution in [2.24, 2.45) is 17.8 Å². The molecule has 14 heteroatoms. The van der Waals surface area contributed by atoms with Gasteiger partial charge in [0.25, 0.3) is 12.3 Å². The third kappa shape index (κ3) is 7.66. The average molecular weight is 629 g/mol. The Morgan fingerprint density at radius 1 is 1.22 bits per heavy atom. The highest BCUT2D eigenvalue weighted by atomic mass is 19.3. The van der Waals surface area contributed by atoms with Crippen LogP contribution in [0.4, 0.5) is 25.1 Å². The fraction of sp³-hybridized carbons (Fsp3) is 0.548. The summed E-state index contributed by atoms with van der Waals surface area (Å²) in [5.41, 5.74) is -1.14. The van der Waals surface area contributed by atoms with Crippen LogP contribution in [0.1, 0.15) is 94.9 Å². The summed E-state index contributed by atoms with van der Waals surface area (Å²) in [6, 6.07) is 2.96. The Labute approximate surface area is 259 Å². The lowest BCUT2D eigenvalue weighted by molar-refractivity contribution is -0.145. The third-order valence-corrected chi connectivity index (χ3v) is 8.14. The van der Waals surface area contributed by atoms with Gasteiger partial charge in [0.1, 0.15) is 17.7 Å². The van der Waals surface area contributed by atoms with E-state index in [9.17, 15) is 28.3 Å². The summed E-state index contributed by atoms with van der Waals surface area (Å²) in [7, 11) is 0. The molecule has 2 fully saturated rings. The van der Waals surface area contributed by atoms with Crippen molar-refractivity contribution >= 4 is 29.5 Å². The Hall–Kier alpha value is -4.36. The summed E-state index contributed by atoms with van der Waals surface area (Å²) in [5.74, 6) is -1.44. The Morgan fingerprint density at radius 3 is 2.62 bits per heavy atom. The van der Waals surface area contributed by atoms with Crippen molar-refractivity contribution in [2.75, 3.05) is 16.8 Å². The number of alkyl halides is 2. The van der Waals surface area contributed by atoms with Gasteiger partial charge >= 0.3 is 12.1 Å². The van der Waals surface area contributed by atoms with E-state index in [1.807, 2.05) is 6.92 Å². The van der Waals surface area contributed by atoms with E-state index < -0.39 is 41.6 Å². The minimum atomic E-state index is -2.95. The summed E-state index contributed by atoms with van der Waals surface area (Å²) in [6.07, 6.45) is 4.53. The second-order valence-electron chi connectivity index (χ2n) is 12.7. The average Bonchev–Trinajstić information content (AvgIpc) is 3.49. The smallest absolute Gasteiger partial charge is 0.416 e. The van der Waals surface area contributed by atoms with E-state index in [-0.39, 0.29) is 29.2 Å². The monoisotopic (exact) mass is 628 g/mol. The van der Waals surface area contributed by atoms with Gasteiger partial charge in [0.05, 0.1) is 17.6 Å². The van der Waals surface area contributed by atoms with Crippen molar-refractivity contribution in [1.29, 1.82) is 0 Å². The second kappa shape index (κ2) is 12.9. The highest BCUT2D eigenvalue weighted by Crippen LogP contribution is 2.40. The van der Waals surface area contributed by atoms with Crippen molar-refractivity contribution in [3.8, 4) is 11.5 Å². The number of pyridine rings is 1. The molecular weight excluding hydrogens is 590 g/mol. The van der Waals surface area contributed by atoms with Crippen LogP contribution in [-0.2, 0) is 9.53 Å². The molecular formula is C31H38F2N6O6. The number of ether oxygens (including phenoxy) is 1. The first kappa shape index (κ1) is 32.0. The highest BCUT2D eigenvalue weighted by molar-refractivity contribution is 6.03. The van der Waals surface area contributed by atoms with Crippen molar-refractivity contribution < 1.29 is 37.4 Å². The first-order chi connectivity index (χ1) is 21.3. The second-order valence-corrected chi connectivity index (χ2v) is 12.7. The number of aromatic nitrogens is 4. The minimum absolute atomic E-state index is 0.0740. The summed E-state index contributed by atoms with van der Waals surface area (Å²) in [6.45, 7) is 7.71. The van der Waals surface area contributed by atoms with Gasteiger partial charge in [-0.2, -0.15) is 5.10 Å². The number of halogens is 2. The van der Waals surface area contributed by atoms with Gasteiger partial charge in [-0.3, -0.25) is 19.2 Å². The van der Waals surface area contributed by atoms with Gasteiger partial charge in [-0.1, -0.05) is 13.3 Å². The number of amides is 2. The lowest BCUT2D eigenvalue weighted by atomic mass is 9.75. The number of nitrogens with one attached hydrogen (secondary N) is 1. The van der Waals surface area contributed by atoms with Gasteiger partial charge in [0, 0.05) is 24.5 Å². The highest BCUT2D eigenvalue weighted by Gasteiger charge is 2.36. The number of carbonyl (C=O) groups excluding carboxylic acids is 2. The maximum absolute atomic E-state index is 13.9. The number of anilines is 2. The molecule has 2 aliphatic rings. The number of carboxylic acid groups (broad SMARTS) is 1. The molecule has 0 bridgehead atoms. The number of rotatable bonds is 10. The Balaban J connectivity index is 1.32. The normalized spacial score (nSPS) is 20.2. The van der Waals surface area contributed by atoms with E-state index >= 15 is 0 Å². The van der Waals surface area contributed by atoms with Crippen LogP contribution < -0.4 is 10.2 Å². The number of hydrogen-bond donors (Lipinski definition) is 2. The van der Waals surface area contributed by atoms with Crippen LogP contribution in [0.5, 0.6) is 0 Å². The molecule has 3 aromatic heterocycles. The van der Waals surface area contributed by atoms with Crippen LogP contribution in [-0.4, -0.2) is 55.0 Å². The standard InChI is InChI=1S/C31H38F2N6O6/c1-5-18-12-20(8-9-21(18)29(41)42)39-15-22(25(37-39)26(32)33)35-27(40)23-16-44-28(36-23)19-10-11-34-24(13-19)38(14-17-6-7-17)30(43)45-31(2,3)4/h10-11,13,15-18,20-21,26H,5-9,12,14H2,1-4H3,(H,35,40)(H,41,42). The van der Waals surface area contributed by atoms with E-state index in [1.165, 1.54) is 22.0 Å². The van der Waals surface area contributed by atoms with E-state index in [4.69, 9.17) is 9.15 Å². The SMILES string of the molecule is CCC1CC(n2cc(NC(=O)c3coc(-c4ccnc(N(CC5CC5)C(=O)OC(C)(C)C)c4)n3)c(C(F)F)n2)CCC1C(=O)O. The molecule has 2 N–H and O–H groups in total. The van der Waals surface area contributed by atoms with Gasteiger partial charge < -0.3 is 19.6 Å². The van der Waals surface area contributed by atoms with E-state index in [0.717, 1.165) is 19.1 Å². The molecule has 2 aliphatic carbocycles. The molecule has 0 aromatic carbocycles. The van der Waals surface area contributed by atoms with Crippen LogP contribution in [0.15, 0.2) is 35.2 Å².